The summed E-state index contributed by atoms with van der Waals surface area (Å²) in [5.41, 5.74) is 8.94. The molecule has 4 N–H and O–H groups in total. The summed E-state index contributed by atoms with van der Waals surface area (Å²) in [6, 6.07) is 13.6. The highest BCUT2D eigenvalue weighted by molar-refractivity contribution is 7.22. The number of benzene rings is 2. The number of carbonyl (C=O) groups is 1. The maximum Gasteiger partial charge on any atom is 0.256 e. The summed E-state index contributed by atoms with van der Waals surface area (Å²) in [6.07, 6.45) is -0.228. The number of nitrogens with zero attached hydrogens (tertiary/aromatic N) is 1. The smallest absolute Gasteiger partial charge is 0.256 e. The molecule has 1 aliphatic rings. The lowest BCUT2D eigenvalue weighted by molar-refractivity contribution is 0.0937. The zero-order chi connectivity index (χ0) is 14.4. The molecule has 6 heteroatoms. The third-order valence-corrected chi connectivity index (χ3v) is 4.43. The van der Waals surface area contributed by atoms with Crippen molar-refractivity contribution in [2.24, 2.45) is 0 Å². The Morgan fingerprint density at radius 1 is 1.10 bits per heavy atom. The number of carbonyl (C=O) groups excluding carboxylic acids is 1. The van der Waals surface area contributed by atoms with E-state index < -0.39 is 0 Å². The molecule has 4 rings (SSSR count). The van der Waals surface area contributed by atoms with Crippen LogP contribution in [0.2, 0.25) is 0 Å². The number of nitrogens with two attached hydrogens (primary N) is 1. The number of anilines is 2. The molecule has 1 amide bonds. The van der Waals surface area contributed by atoms with Crippen LogP contribution < -0.4 is 16.4 Å². The van der Waals surface area contributed by atoms with E-state index in [0.29, 0.717) is 10.7 Å². The molecule has 1 aromatic heterocycles. The molecule has 5 nitrogen and oxygen atoms in total. The summed E-state index contributed by atoms with van der Waals surface area (Å²) in [7, 11) is 0. The van der Waals surface area contributed by atoms with E-state index in [-0.39, 0.29) is 12.1 Å². The predicted molar refractivity (Wildman–Crippen MR) is 84.3 cm³/mol. The van der Waals surface area contributed by atoms with Crippen LogP contribution in [0, 0.1) is 0 Å². The van der Waals surface area contributed by atoms with Crippen molar-refractivity contribution in [2.45, 2.75) is 6.17 Å². The molecule has 0 spiro atoms. The fourth-order valence-electron chi connectivity index (χ4n) is 2.56. The van der Waals surface area contributed by atoms with Crippen molar-refractivity contribution in [3.63, 3.8) is 0 Å². The number of amides is 1. The van der Waals surface area contributed by atoms with Crippen LogP contribution >= 0.6 is 11.3 Å². The van der Waals surface area contributed by atoms with Gasteiger partial charge in [0.1, 0.15) is 6.17 Å². The number of hydrogen-bond acceptors (Lipinski definition) is 5. The van der Waals surface area contributed by atoms with Crippen LogP contribution in [0.1, 0.15) is 22.1 Å². The second-order valence-corrected chi connectivity index (χ2v) is 5.88. The van der Waals surface area contributed by atoms with Crippen LogP contribution in [0.25, 0.3) is 10.2 Å². The molecule has 0 fully saturated rings. The maximum absolute atomic E-state index is 12.5. The Labute approximate surface area is 124 Å². The molecule has 1 atom stereocenters. The highest BCUT2D eigenvalue weighted by Gasteiger charge is 2.27. The van der Waals surface area contributed by atoms with Crippen LogP contribution in [0.4, 0.5) is 10.8 Å². The first kappa shape index (κ1) is 12.2. The number of fused-ring (bicyclic) bond motifs is 3. The molecule has 0 aliphatic carbocycles. The molecule has 2 aromatic carbocycles. The fourth-order valence-corrected chi connectivity index (χ4v) is 3.44. The monoisotopic (exact) mass is 296 g/mol. The number of nitrogens with one attached hydrogen (secondary N) is 2. The van der Waals surface area contributed by atoms with E-state index in [4.69, 9.17) is 5.73 Å². The molecule has 0 bridgehead atoms. The van der Waals surface area contributed by atoms with Gasteiger partial charge in [-0.05, 0) is 17.7 Å². The Bertz CT molecular complexity index is 844. The van der Waals surface area contributed by atoms with Gasteiger partial charge in [0.15, 0.2) is 5.13 Å². The Kier molecular flexibility index (Phi) is 2.58. The molecule has 104 valence electrons. The van der Waals surface area contributed by atoms with Gasteiger partial charge in [-0.3, -0.25) is 4.79 Å². The average Bonchev–Trinajstić information content (AvgIpc) is 2.88. The summed E-state index contributed by atoms with van der Waals surface area (Å²) in [6.45, 7) is 0. The van der Waals surface area contributed by atoms with Gasteiger partial charge in [0.2, 0.25) is 0 Å². The second kappa shape index (κ2) is 4.46. The van der Waals surface area contributed by atoms with Gasteiger partial charge in [-0.15, -0.1) is 0 Å². The largest absolute Gasteiger partial charge is 0.375 e. The van der Waals surface area contributed by atoms with Crippen LogP contribution in [-0.2, 0) is 0 Å². The van der Waals surface area contributed by atoms with Gasteiger partial charge in [-0.1, -0.05) is 41.7 Å². The van der Waals surface area contributed by atoms with Crippen molar-refractivity contribution in [2.75, 3.05) is 11.1 Å². The zero-order valence-corrected chi connectivity index (χ0v) is 11.8. The predicted octanol–water partition coefficient (Wildman–Crippen LogP) is 2.73. The third-order valence-electron chi connectivity index (χ3n) is 3.51. The average molecular weight is 296 g/mol. The number of hydrogen-bond donors (Lipinski definition) is 3. The summed E-state index contributed by atoms with van der Waals surface area (Å²) >= 11 is 1.33. The number of rotatable bonds is 1. The van der Waals surface area contributed by atoms with Crippen LogP contribution in [-0.4, -0.2) is 10.9 Å². The minimum Gasteiger partial charge on any atom is -0.375 e. The highest BCUT2D eigenvalue weighted by atomic mass is 32.1. The van der Waals surface area contributed by atoms with E-state index in [2.05, 4.69) is 15.6 Å². The summed E-state index contributed by atoms with van der Waals surface area (Å²) in [5.74, 6) is -0.105. The van der Waals surface area contributed by atoms with Crippen molar-refractivity contribution in [1.29, 1.82) is 0 Å². The van der Waals surface area contributed by atoms with Crippen LogP contribution in [0.3, 0.4) is 0 Å². The van der Waals surface area contributed by atoms with E-state index in [1.165, 1.54) is 11.3 Å². The van der Waals surface area contributed by atoms with Gasteiger partial charge >= 0.3 is 0 Å². The summed E-state index contributed by atoms with van der Waals surface area (Å²) in [5, 5.41) is 6.80. The first-order valence-corrected chi connectivity index (χ1v) is 7.35. The van der Waals surface area contributed by atoms with E-state index in [1.807, 2.05) is 42.5 Å². The van der Waals surface area contributed by atoms with Gasteiger partial charge in [-0.25, -0.2) is 4.98 Å². The lowest BCUT2D eigenvalue weighted by atomic mass is 10.1. The molecular weight excluding hydrogens is 284 g/mol. The van der Waals surface area contributed by atoms with Gasteiger partial charge in [0, 0.05) is 0 Å². The van der Waals surface area contributed by atoms with Gasteiger partial charge in [0.25, 0.3) is 5.91 Å². The Morgan fingerprint density at radius 2 is 1.90 bits per heavy atom. The third kappa shape index (κ3) is 1.92. The molecule has 0 saturated carbocycles. The van der Waals surface area contributed by atoms with Crippen LogP contribution in [0.5, 0.6) is 0 Å². The topological polar surface area (TPSA) is 80.0 Å². The quantitative estimate of drug-likeness (QED) is 0.645. The normalized spacial score (nSPS) is 17.1. The van der Waals surface area contributed by atoms with Gasteiger partial charge in [-0.2, -0.15) is 0 Å². The van der Waals surface area contributed by atoms with Gasteiger partial charge in [0.05, 0.1) is 21.5 Å². The Hall–Kier alpha value is -2.60. The first-order chi connectivity index (χ1) is 10.2. The fraction of sp³-hybridized carbons (Fsp3) is 0.0667. The van der Waals surface area contributed by atoms with Crippen molar-refractivity contribution >= 4 is 38.3 Å². The lowest BCUT2D eigenvalue weighted by Gasteiger charge is -2.28. The standard InChI is InChI=1S/C15H12N4OS/c16-15-18-10-7-6-9-11(12(10)21-15)14(20)19-13(17-9)8-4-2-1-3-5-8/h1-7,13,17H,(H2,16,18)(H,19,20). The van der Waals surface area contributed by atoms with E-state index >= 15 is 0 Å². The number of aromatic nitrogens is 1. The summed E-state index contributed by atoms with van der Waals surface area (Å²) in [4.78, 5) is 16.7. The summed E-state index contributed by atoms with van der Waals surface area (Å²) < 4.78 is 0.821. The molecule has 3 aromatic rings. The van der Waals surface area contributed by atoms with Crippen LogP contribution in [0.15, 0.2) is 42.5 Å². The van der Waals surface area contributed by atoms with Crippen molar-refractivity contribution in [1.82, 2.24) is 10.3 Å². The van der Waals surface area contributed by atoms with E-state index in [1.54, 1.807) is 0 Å². The zero-order valence-electron chi connectivity index (χ0n) is 11.0. The van der Waals surface area contributed by atoms with Gasteiger partial charge < -0.3 is 16.4 Å². The highest BCUT2D eigenvalue weighted by Crippen LogP contribution is 2.35. The SMILES string of the molecule is Nc1nc2ccc3c(c2s1)C(=O)NC(c1ccccc1)N3. The molecular formula is C15H12N4OS. The molecule has 21 heavy (non-hydrogen) atoms. The van der Waals surface area contributed by atoms with E-state index in [9.17, 15) is 4.79 Å². The molecule has 0 radical (unpaired) electrons. The first-order valence-electron chi connectivity index (χ1n) is 6.54. The molecule has 1 aliphatic heterocycles. The van der Waals surface area contributed by atoms with E-state index in [0.717, 1.165) is 21.5 Å². The Morgan fingerprint density at radius 3 is 2.71 bits per heavy atom. The minimum absolute atomic E-state index is 0.105. The van der Waals surface area contributed by atoms with Crippen molar-refractivity contribution in [3.05, 3.63) is 53.6 Å². The second-order valence-electron chi connectivity index (χ2n) is 4.85. The van der Waals surface area contributed by atoms with Crippen molar-refractivity contribution in [3.8, 4) is 0 Å². The number of thiazole rings is 1. The molecule has 0 saturated heterocycles. The minimum atomic E-state index is -0.228. The number of nitrogen functional groups attached to an aromatic ring is 1. The van der Waals surface area contributed by atoms with Crippen molar-refractivity contribution < 1.29 is 4.79 Å². The lowest BCUT2D eigenvalue weighted by Crippen LogP contribution is -2.38. The maximum atomic E-state index is 12.5. The Balaban J connectivity index is 1.82. The molecule has 2 heterocycles. The molecule has 1 unspecified atom stereocenters.